The van der Waals surface area contributed by atoms with Crippen LogP contribution in [0.4, 0.5) is 5.69 Å². The summed E-state index contributed by atoms with van der Waals surface area (Å²) in [5.41, 5.74) is 2.16. The van der Waals surface area contributed by atoms with Gasteiger partial charge < -0.3 is 10.2 Å². The number of carbonyl (C=O) groups is 2. The fourth-order valence-electron chi connectivity index (χ4n) is 3.99. The summed E-state index contributed by atoms with van der Waals surface area (Å²) >= 11 is 0. The van der Waals surface area contributed by atoms with Gasteiger partial charge in [0, 0.05) is 18.3 Å². The normalized spacial score (nSPS) is 22.5. The van der Waals surface area contributed by atoms with E-state index in [0.29, 0.717) is 13.0 Å². The first-order chi connectivity index (χ1) is 12.2. The van der Waals surface area contributed by atoms with E-state index >= 15 is 0 Å². The number of hydrogen-bond donors (Lipinski definition) is 1. The van der Waals surface area contributed by atoms with Gasteiger partial charge in [-0.05, 0) is 43.4 Å². The van der Waals surface area contributed by atoms with Crippen LogP contribution in [0.15, 0.2) is 24.3 Å². The van der Waals surface area contributed by atoms with Crippen LogP contribution < -0.4 is 10.2 Å². The van der Waals surface area contributed by atoms with Gasteiger partial charge in [0.15, 0.2) is 0 Å². The molecule has 0 spiro atoms. The van der Waals surface area contributed by atoms with Crippen molar-refractivity contribution in [2.45, 2.75) is 70.8 Å². The van der Waals surface area contributed by atoms with E-state index in [4.69, 9.17) is 0 Å². The average molecular weight is 342 g/mol. The quantitative estimate of drug-likeness (QED) is 0.846. The molecule has 1 saturated heterocycles. The van der Waals surface area contributed by atoms with E-state index in [1.165, 1.54) is 37.7 Å². The molecule has 0 radical (unpaired) electrons. The molecule has 1 aromatic carbocycles. The van der Waals surface area contributed by atoms with Crippen LogP contribution in [0.1, 0.15) is 63.9 Å². The van der Waals surface area contributed by atoms with Gasteiger partial charge >= 0.3 is 0 Å². The van der Waals surface area contributed by atoms with Crippen LogP contribution in [0.5, 0.6) is 0 Å². The Labute approximate surface area is 151 Å². The third kappa shape index (κ3) is 4.42. The van der Waals surface area contributed by atoms with Crippen molar-refractivity contribution in [2.75, 3.05) is 11.4 Å². The maximum atomic E-state index is 12.7. The topological polar surface area (TPSA) is 49.4 Å². The molecule has 25 heavy (non-hydrogen) atoms. The zero-order chi connectivity index (χ0) is 17.6. The largest absolute Gasteiger partial charge is 0.353 e. The molecule has 0 bridgehead atoms. The third-order valence-electron chi connectivity index (χ3n) is 5.63. The number of aryl methyl sites for hydroxylation is 1. The number of hydrogen-bond acceptors (Lipinski definition) is 2. The third-order valence-corrected chi connectivity index (χ3v) is 5.63. The van der Waals surface area contributed by atoms with Crippen molar-refractivity contribution in [1.29, 1.82) is 0 Å². The molecule has 136 valence electrons. The molecule has 1 N–H and O–H groups in total. The van der Waals surface area contributed by atoms with Gasteiger partial charge in [-0.25, -0.2) is 0 Å². The van der Waals surface area contributed by atoms with Crippen LogP contribution in [-0.2, 0) is 16.0 Å². The monoisotopic (exact) mass is 342 g/mol. The molecule has 1 aliphatic heterocycles. The first-order valence-corrected chi connectivity index (χ1v) is 9.89. The zero-order valence-corrected chi connectivity index (χ0v) is 15.3. The number of nitrogens with zero attached hydrogens (tertiary/aromatic N) is 1. The van der Waals surface area contributed by atoms with Crippen molar-refractivity contribution in [3.8, 4) is 0 Å². The summed E-state index contributed by atoms with van der Waals surface area (Å²) in [6, 6.07) is 8.35. The van der Waals surface area contributed by atoms with Crippen molar-refractivity contribution in [2.24, 2.45) is 5.92 Å². The van der Waals surface area contributed by atoms with Gasteiger partial charge in [-0.2, -0.15) is 0 Å². The second-order valence-corrected chi connectivity index (χ2v) is 7.40. The molecule has 1 aromatic rings. The highest BCUT2D eigenvalue weighted by atomic mass is 16.2. The van der Waals surface area contributed by atoms with Crippen LogP contribution in [0.2, 0.25) is 0 Å². The number of amides is 2. The number of rotatable bonds is 4. The lowest BCUT2D eigenvalue weighted by molar-refractivity contribution is -0.132. The molecule has 1 unspecified atom stereocenters. The highest BCUT2D eigenvalue weighted by molar-refractivity contribution is 6.09. The number of benzene rings is 1. The summed E-state index contributed by atoms with van der Waals surface area (Å²) in [6.45, 7) is 2.75. The maximum Gasteiger partial charge on any atom is 0.239 e. The molecule has 1 aliphatic carbocycles. The van der Waals surface area contributed by atoms with Crippen LogP contribution in [0.25, 0.3) is 0 Å². The summed E-state index contributed by atoms with van der Waals surface area (Å²) in [5, 5.41) is 3.16. The van der Waals surface area contributed by atoms with Gasteiger partial charge in [0.2, 0.25) is 11.8 Å². The molecule has 4 heteroatoms. The molecule has 2 fully saturated rings. The second kappa shape index (κ2) is 8.50. The summed E-state index contributed by atoms with van der Waals surface area (Å²) in [6.07, 6.45) is 9.90. The fourth-order valence-corrected chi connectivity index (χ4v) is 3.99. The van der Waals surface area contributed by atoms with Gasteiger partial charge in [0.1, 0.15) is 5.92 Å². The minimum atomic E-state index is -0.517. The summed E-state index contributed by atoms with van der Waals surface area (Å²) in [4.78, 5) is 27.1. The molecular formula is C21H30N2O2. The molecule has 2 amide bonds. The molecule has 0 aromatic heterocycles. The molecular weight excluding hydrogens is 312 g/mol. The predicted octanol–water partition coefficient (Wildman–Crippen LogP) is 3.83. The highest BCUT2D eigenvalue weighted by Gasteiger charge is 2.38. The molecule has 1 saturated carbocycles. The Morgan fingerprint density at radius 2 is 1.68 bits per heavy atom. The van der Waals surface area contributed by atoms with Crippen molar-refractivity contribution in [3.05, 3.63) is 29.8 Å². The summed E-state index contributed by atoms with van der Waals surface area (Å²) in [5.74, 6) is -0.632. The van der Waals surface area contributed by atoms with Gasteiger partial charge in [-0.15, -0.1) is 0 Å². The van der Waals surface area contributed by atoms with Crippen LogP contribution in [0, 0.1) is 5.92 Å². The minimum Gasteiger partial charge on any atom is -0.353 e. The average Bonchev–Trinajstić information content (AvgIpc) is 2.99. The summed E-state index contributed by atoms with van der Waals surface area (Å²) in [7, 11) is 0. The predicted molar refractivity (Wildman–Crippen MR) is 101 cm³/mol. The molecule has 3 rings (SSSR count). The Kier molecular flexibility index (Phi) is 6.11. The summed E-state index contributed by atoms with van der Waals surface area (Å²) < 4.78 is 0. The standard InChI is InChI=1S/C21H30N2O2/c1-2-16-10-12-18(13-11-16)23-15-14-19(21(23)25)20(24)22-17-8-6-4-3-5-7-9-17/h10-13,17,19H,2-9,14-15H2,1H3,(H,22,24). The van der Waals surface area contributed by atoms with Gasteiger partial charge in [0.25, 0.3) is 0 Å². The van der Waals surface area contributed by atoms with Crippen molar-refractivity contribution < 1.29 is 9.59 Å². The zero-order valence-electron chi connectivity index (χ0n) is 15.3. The fraction of sp³-hybridized carbons (Fsp3) is 0.619. The highest BCUT2D eigenvalue weighted by Crippen LogP contribution is 2.26. The lowest BCUT2D eigenvalue weighted by Crippen LogP contribution is -2.42. The van der Waals surface area contributed by atoms with E-state index in [9.17, 15) is 9.59 Å². The lowest BCUT2D eigenvalue weighted by atomic mass is 9.96. The number of carbonyl (C=O) groups excluding carboxylic acids is 2. The van der Waals surface area contributed by atoms with Crippen LogP contribution in [0.3, 0.4) is 0 Å². The van der Waals surface area contributed by atoms with Gasteiger partial charge in [-0.3, -0.25) is 9.59 Å². The Bertz CT molecular complexity index is 588. The van der Waals surface area contributed by atoms with E-state index in [-0.39, 0.29) is 17.9 Å². The Balaban J connectivity index is 1.59. The number of nitrogens with one attached hydrogen (secondary N) is 1. The van der Waals surface area contributed by atoms with Crippen LogP contribution in [-0.4, -0.2) is 24.4 Å². The smallest absolute Gasteiger partial charge is 0.239 e. The molecule has 4 nitrogen and oxygen atoms in total. The van der Waals surface area contributed by atoms with Crippen LogP contribution >= 0.6 is 0 Å². The molecule has 2 aliphatic rings. The Morgan fingerprint density at radius 1 is 1.04 bits per heavy atom. The SMILES string of the molecule is CCc1ccc(N2CCC(C(=O)NC3CCCCCCC3)C2=O)cc1. The van der Waals surface area contributed by atoms with E-state index in [1.54, 1.807) is 4.90 Å². The molecule has 1 heterocycles. The Hall–Kier alpha value is -1.84. The van der Waals surface area contributed by atoms with E-state index < -0.39 is 5.92 Å². The van der Waals surface area contributed by atoms with Gasteiger partial charge in [0.05, 0.1) is 0 Å². The van der Waals surface area contributed by atoms with Crippen molar-refractivity contribution in [1.82, 2.24) is 5.32 Å². The van der Waals surface area contributed by atoms with E-state index in [0.717, 1.165) is 24.9 Å². The van der Waals surface area contributed by atoms with E-state index in [1.807, 2.05) is 12.1 Å². The maximum absolute atomic E-state index is 12.7. The first-order valence-electron chi connectivity index (χ1n) is 9.89. The van der Waals surface area contributed by atoms with Crippen molar-refractivity contribution in [3.63, 3.8) is 0 Å². The Morgan fingerprint density at radius 3 is 2.32 bits per heavy atom. The van der Waals surface area contributed by atoms with Gasteiger partial charge in [-0.1, -0.05) is 51.2 Å². The van der Waals surface area contributed by atoms with Crippen molar-refractivity contribution >= 4 is 17.5 Å². The minimum absolute atomic E-state index is 0.0485. The lowest BCUT2D eigenvalue weighted by Gasteiger charge is -2.22. The van der Waals surface area contributed by atoms with E-state index in [2.05, 4.69) is 24.4 Å². The second-order valence-electron chi connectivity index (χ2n) is 7.40. The number of anilines is 1. The molecule has 1 atom stereocenters. The first kappa shape index (κ1) is 18.0.